The Balaban J connectivity index is 2.07. The molecule has 0 spiro atoms. The molecule has 1 aliphatic rings. The smallest absolute Gasteiger partial charge is 0.0370 e. The summed E-state index contributed by atoms with van der Waals surface area (Å²) in [6.45, 7) is 9.17. The zero-order valence-corrected chi connectivity index (χ0v) is 11.9. The summed E-state index contributed by atoms with van der Waals surface area (Å²) in [5, 5.41) is 0. The summed E-state index contributed by atoms with van der Waals surface area (Å²) >= 11 is 0. The lowest BCUT2D eigenvalue weighted by atomic mass is 9.89. The molecular formula is C16H26N2. The van der Waals surface area contributed by atoms with Crippen molar-refractivity contribution in [3.63, 3.8) is 0 Å². The fourth-order valence-corrected chi connectivity index (χ4v) is 2.90. The van der Waals surface area contributed by atoms with E-state index in [4.69, 9.17) is 5.73 Å². The van der Waals surface area contributed by atoms with E-state index in [9.17, 15) is 0 Å². The molecule has 2 nitrogen and oxygen atoms in total. The van der Waals surface area contributed by atoms with Gasteiger partial charge in [0.05, 0.1) is 0 Å². The third-order valence-corrected chi connectivity index (χ3v) is 4.33. The van der Waals surface area contributed by atoms with E-state index in [1.165, 1.54) is 43.6 Å². The first-order chi connectivity index (χ1) is 8.58. The highest BCUT2D eigenvalue weighted by atomic mass is 15.1. The number of rotatable bonds is 2. The summed E-state index contributed by atoms with van der Waals surface area (Å²) < 4.78 is 0. The Bertz CT molecular complexity index is 398. The maximum Gasteiger partial charge on any atom is 0.0370 e. The average molecular weight is 246 g/mol. The lowest BCUT2D eigenvalue weighted by Crippen LogP contribution is -2.24. The van der Waals surface area contributed by atoms with Gasteiger partial charge in [0.1, 0.15) is 0 Å². The summed E-state index contributed by atoms with van der Waals surface area (Å²) in [6.07, 6.45) is 4.01. The van der Waals surface area contributed by atoms with Crippen LogP contribution < -0.4 is 10.6 Å². The zero-order chi connectivity index (χ0) is 13.1. The van der Waals surface area contributed by atoms with Crippen molar-refractivity contribution in [2.45, 2.75) is 40.0 Å². The predicted molar refractivity (Wildman–Crippen MR) is 80.0 cm³/mol. The SMILES string of the molecule is Cc1cc(N2CCCC(C(C)C)CC2)ccc1N. The molecule has 2 N–H and O–H groups in total. The zero-order valence-electron chi connectivity index (χ0n) is 11.9. The summed E-state index contributed by atoms with van der Waals surface area (Å²) in [6, 6.07) is 6.43. The van der Waals surface area contributed by atoms with E-state index in [1.807, 2.05) is 6.07 Å². The molecule has 100 valence electrons. The number of nitrogen functional groups attached to an aromatic ring is 1. The molecule has 1 aromatic carbocycles. The van der Waals surface area contributed by atoms with Crippen LogP contribution in [0.4, 0.5) is 11.4 Å². The minimum atomic E-state index is 0.818. The molecule has 0 bridgehead atoms. The molecule has 0 aliphatic carbocycles. The number of anilines is 2. The summed E-state index contributed by atoms with van der Waals surface area (Å²) in [4.78, 5) is 2.52. The van der Waals surface area contributed by atoms with Gasteiger partial charge in [-0.25, -0.2) is 0 Å². The molecule has 1 atom stereocenters. The number of hydrogen-bond donors (Lipinski definition) is 1. The van der Waals surface area contributed by atoms with Crippen molar-refractivity contribution in [3.05, 3.63) is 23.8 Å². The highest BCUT2D eigenvalue weighted by molar-refractivity contribution is 5.58. The van der Waals surface area contributed by atoms with Crippen molar-refractivity contribution in [2.24, 2.45) is 11.8 Å². The van der Waals surface area contributed by atoms with Gasteiger partial charge in [0.2, 0.25) is 0 Å². The maximum absolute atomic E-state index is 5.89. The average Bonchev–Trinajstić information content (AvgIpc) is 2.58. The van der Waals surface area contributed by atoms with Gasteiger partial charge in [-0.05, 0) is 61.8 Å². The minimum absolute atomic E-state index is 0.818. The Hall–Kier alpha value is -1.18. The van der Waals surface area contributed by atoms with Crippen molar-refractivity contribution in [1.82, 2.24) is 0 Å². The van der Waals surface area contributed by atoms with Crippen LogP contribution in [-0.2, 0) is 0 Å². The second-order valence-electron chi connectivity index (χ2n) is 5.96. The number of nitrogens with two attached hydrogens (primary N) is 1. The molecule has 1 aliphatic heterocycles. The van der Waals surface area contributed by atoms with Crippen LogP contribution in [0.25, 0.3) is 0 Å². The lowest BCUT2D eigenvalue weighted by Gasteiger charge is -2.24. The van der Waals surface area contributed by atoms with Gasteiger partial charge in [-0.2, -0.15) is 0 Å². The van der Waals surface area contributed by atoms with Crippen LogP contribution in [0.5, 0.6) is 0 Å². The molecule has 1 heterocycles. The van der Waals surface area contributed by atoms with Gasteiger partial charge in [-0.15, -0.1) is 0 Å². The normalized spacial score (nSPS) is 21.1. The standard InChI is InChI=1S/C16H26N2/c1-12(2)14-5-4-9-18(10-8-14)15-6-7-16(17)13(3)11-15/h6-7,11-12,14H,4-5,8-10,17H2,1-3H3. The van der Waals surface area contributed by atoms with E-state index in [0.717, 1.165) is 17.5 Å². The van der Waals surface area contributed by atoms with Crippen LogP contribution >= 0.6 is 0 Å². The van der Waals surface area contributed by atoms with Gasteiger partial charge < -0.3 is 10.6 Å². The topological polar surface area (TPSA) is 29.3 Å². The molecule has 1 unspecified atom stereocenters. The van der Waals surface area contributed by atoms with E-state index in [2.05, 4.69) is 37.8 Å². The van der Waals surface area contributed by atoms with Crippen LogP contribution in [0.2, 0.25) is 0 Å². The highest BCUT2D eigenvalue weighted by Crippen LogP contribution is 2.28. The first-order valence-corrected chi connectivity index (χ1v) is 7.19. The Morgan fingerprint density at radius 2 is 2.00 bits per heavy atom. The molecule has 0 radical (unpaired) electrons. The lowest BCUT2D eigenvalue weighted by molar-refractivity contribution is 0.351. The predicted octanol–water partition coefficient (Wildman–Crippen LogP) is 3.84. The van der Waals surface area contributed by atoms with E-state index in [1.54, 1.807) is 0 Å². The Labute approximate surface area is 111 Å². The summed E-state index contributed by atoms with van der Waals surface area (Å²) in [5.74, 6) is 1.71. The van der Waals surface area contributed by atoms with E-state index in [-0.39, 0.29) is 0 Å². The van der Waals surface area contributed by atoms with Gasteiger partial charge in [0.25, 0.3) is 0 Å². The summed E-state index contributed by atoms with van der Waals surface area (Å²) in [5.41, 5.74) is 9.32. The van der Waals surface area contributed by atoms with Gasteiger partial charge in [-0.3, -0.25) is 0 Å². The van der Waals surface area contributed by atoms with Crippen molar-refractivity contribution in [1.29, 1.82) is 0 Å². The number of nitrogens with zero attached hydrogens (tertiary/aromatic N) is 1. The maximum atomic E-state index is 5.89. The molecule has 2 heteroatoms. The molecule has 0 amide bonds. The second kappa shape index (κ2) is 5.64. The Kier molecular flexibility index (Phi) is 4.15. The van der Waals surface area contributed by atoms with Crippen LogP contribution in [0.1, 0.15) is 38.7 Å². The third-order valence-electron chi connectivity index (χ3n) is 4.33. The molecule has 1 aromatic rings. The quantitative estimate of drug-likeness (QED) is 0.803. The highest BCUT2D eigenvalue weighted by Gasteiger charge is 2.19. The number of benzene rings is 1. The fourth-order valence-electron chi connectivity index (χ4n) is 2.90. The first kappa shape index (κ1) is 13.3. The van der Waals surface area contributed by atoms with Gasteiger partial charge in [0.15, 0.2) is 0 Å². The Morgan fingerprint density at radius 3 is 2.67 bits per heavy atom. The Morgan fingerprint density at radius 1 is 1.22 bits per heavy atom. The second-order valence-corrected chi connectivity index (χ2v) is 5.96. The number of hydrogen-bond acceptors (Lipinski definition) is 2. The van der Waals surface area contributed by atoms with Crippen molar-refractivity contribution < 1.29 is 0 Å². The molecular weight excluding hydrogens is 220 g/mol. The van der Waals surface area contributed by atoms with Crippen molar-refractivity contribution >= 4 is 11.4 Å². The molecule has 0 aromatic heterocycles. The van der Waals surface area contributed by atoms with Crippen LogP contribution in [0.3, 0.4) is 0 Å². The first-order valence-electron chi connectivity index (χ1n) is 7.19. The van der Waals surface area contributed by atoms with Crippen molar-refractivity contribution in [2.75, 3.05) is 23.7 Å². The molecule has 1 saturated heterocycles. The molecule has 2 rings (SSSR count). The summed E-state index contributed by atoms with van der Waals surface area (Å²) in [7, 11) is 0. The van der Waals surface area contributed by atoms with Gasteiger partial charge in [0, 0.05) is 24.5 Å². The molecule has 0 saturated carbocycles. The van der Waals surface area contributed by atoms with E-state index >= 15 is 0 Å². The van der Waals surface area contributed by atoms with Crippen molar-refractivity contribution in [3.8, 4) is 0 Å². The molecule has 18 heavy (non-hydrogen) atoms. The van der Waals surface area contributed by atoms with Crippen LogP contribution in [-0.4, -0.2) is 13.1 Å². The van der Waals surface area contributed by atoms with E-state index < -0.39 is 0 Å². The van der Waals surface area contributed by atoms with Gasteiger partial charge in [-0.1, -0.05) is 13.8 Å². The monoisotopic (exact) mass is 246 g/mol. The number of aryl methyl sites for hydroxylation is 1. The van der Waals surface area contributed by atoms with E-state index in [0.29, 0.717) is 0 Å². The fraction of sp³-hybridized carbons (Fsp3) is 0.625. The van der Waals surface area contributed by atoms with Crippen LogP contribution in [0.15, 0.2) is 18.2 Å². The third kappa shape index (κ3) is 2.98. The van der Waals surface area contributed by atoms with Gasteiger partial charge >= 0.3 is 0 Å². The minimum Gasteiger partial charge on any atom is -0.399 e. The van der Waals surface area contributed by atoms with Crippen LogP contribution in [0, 0.1) is 18.8 Å². The molecule has 1 fully saturated rings. The largest absolute Gasteiger partial charge is 0.399 e.